The predicted molar refractivity (Wildman–Crippen MR) is 87.7 cm³/mol. The minimum absolute atomic E-state index is 0.0163. The third-order valence-electron chi connectivity index (χ3n) is 3.63. The Balaban J connectivity index is 1.96. The van der Waals surface area contributed by atoms with E-state index < -0.39 is 0 Å². The van der Waals surface area contributed by atoms with Gasteiger partial charge < -0.3 is 5.32 Å². The molecule has 116 valence electrons. The van der Waals surface area contributed by atoms with E-state index in [1.165, 1.54) is 16.7 Å². The summed E-state index contributed by atoms with van der Waals surface area (Å²) in [6.45, 7) is 8.06. The van der Waals surface area contributed by atoms with Crippen LogP contribution in [0.25, 0.3) is 0 Å². The second kappa shape index (κ2) is 7.16. The monoisotopic (exact) mass is 297 g/mol. The molecule has 2 aromatic rings. The summed E-state index contributed by atoms with van der Waals surface area (Å²) in [5, 5.41) is 3.06. The van der Waals surface area contributed by atoms with Crippen molar-refractivity contribution < 1.29 is 4.79 Å². The van der Waals surface area contributed by atoms with Crippen LogP contribution in [0, 0.1) is 13.8 Å². The van der Waals surface area contributed by atoms with Crippen molar-refractivity contribution in [3.63, 3.8) is 0 Å². The van der Waals surface area contributed by atoms with E-state index in [1.54, 1.807) is 18.6 Å². The van der Waals surface area contributed by atoms with Gasteiger partial charge in [0.2, 0.25) is 5.91 Å². The van der Waals surface area contributed by atoms with Crippen molar-refractivity contribution in [2.45, 2.75) is 46.1 Å². The van der Waals surface area contributed by atoms with Crippen LogP contribution < -0.4 is 5.32 Å². The lowest BCUT2D eigenvalue weighted by Gasteiger charge is -2.18. The van der Waals surface area contributed by atoms with Gasteiger partial charge in [0.25, 0.3) is 0 Å². The van der Waals surface area contributed by atoms with Crippen molar-refractivity contribution in [3.8, 4) is 0 Å². The topological polar surface area (TPSA) is 54.9 Å². The van der Waals surface area contributed by atoms with Gasteiger partial charge in [-0.05, 0) is 39.7 Å². The van der Waals surface area contributed by atoms with Crippen LogP contribution in [-0.2, 0) is 11.2 Å². The molecule has 0 spiro atoms. The van der Waals surface area contributed by atoms with Crippen LogP contribution in [0.1, 0.15) is 42.1 Å². The fourth-order valence-corrected chi connectivity index (χ4v) is 2.63. The number of nitrogens with one attached hydrogen (secondary N) is 1. The van der Waals surface area contributed by atoms with Gasteiger partial charge in [0.15, 0.2) is 0 Å². The predicted octanol–water partition coefficient (Wildman–Crippen LogP) is 2.94. The van der Waals surface area contributed by atoms with Crippen LogP contribution in [0.4, 0.5) is 0 Å². The molecular formula is C18H23N3O. The number of amides is 1. The van der Waals surface area contributed by atoms with E-state index in [1.807, 2.05) is 13.8 Å². The number of hydrogen-bond donors (Lipinski definition) is 1. The fraction of sp³-hybridized carbons (Fsp3) is 0.389. The number of carbonyl (C=O) groups is 1. The van der Waals surface area contributed by atoms with Gasteiger partial charge in [-0.15, -0.1) is 0 Å². The average molecular weight is 297 g/mol. The van der Waals surface area contributed by atoms with Crippen LogP contribution >= 0.6 is 0 Å². The molecule has 2 rings (SSSR count). The SMILES string of the molecule is Cc1cc(C)cc(CC(C)NC(=O)C(C)c2cnccn2)c1. The Bertz CT molecular complexity index is 620. The number of hydrogen-bond acceptors (Lipinski definition) is 3. The van der Waals surface area contributed by atoms with Crippen LogP contribution in [0.5, 0.6) is 0 Å². The Morgan fingerprint density at radius 1 is 1.14 bits per heavy atom. The smallest absolute Gasteiger partial charge is 0.229 e. The molecular weight excluding hydrogens is 274 g/mol. The van der Waals surface area contributed by atoms with Gasteiger partial charge >= 0.3 is 0 Å². The van der Waals surface area contributed by atoms with Crippen molar-refractivity contribution >= 4 is 5.91 Å². The van der Waals surface area contributed by atoms with Gasteiger partial charge in [-0.3, -0.25) is 14.8 Å². The van der Waals surface area contributed by atoms with Gasteiger partial charge in [0, 0.05) is 24.6 Å². The minimum Gasteiger partial charge on any atom is -0.353 e. The van der Waals surface area contributed by atoms with E-state index in [9.17, 15) is 4.79 Å². The highest BCUT2D eigenvalue weighted by molar-refractivity contribution is 5.82. The van der Waals surface area contributed by atoms with E-state index in [-0.39, 0.29) is 17.9 Å². The molecule has 4 heteroatoms. The highest BCUT2D eigenvalue weighted by atomic mass is 16.1. The molecule has 1 aromatic carbocycles. The Labute approximate surface area is 132 Å². The van der Waals surface area contributed by atoms with Crippen LogP contribution in [0.2, 0.25) is 0 Å². The third kappa shape index (κ3) is 4.38. The Morgan fingerprint density at radius 3 is 2.41 bits per heavy atom. The van der Waals surface area contributed by atoms with Crippen molar-refractivity contribution in [2.75, 3.05) is 0 Å². The standard InChI is InChI=1S/C18H23N3O/c1-12-7-13(2)9-16(8-12)10-14(3)21-18(22)15(4)17-11-19-5-6-20-17/h5-9,11,14-15H,10H2,1-4H3,(H,21,22). The van der Waals surface area contributed by atoms with E-state index >= 15 is 0 Å². The van der Waals surface area contributed by atoms with Crippen molar-refractivity contribution in [1.29, 1.82) is 0 Å². The van der Waals surface area contributed by atoms with Crippen LogP contribution in [0.3, 0.4) is 0 Å². The molecule has 22 heavy (non-hydrogen) atoms. The van der Waals surface area contributed by atoms with Crippen molar-refractivity contribution in [1.82, 2.24) is 15.3 Å². The summed E-state index contributed by atoms with van der Waals surface area (Å²) in [4.78, 5) is 20.5. The molecule has 0 aliphatic rings. The Kier molecular flexibility index (Phi) is 5.26. The molecule has 0 saturated heterocycles. The summed E-state index contributed by atoms with van der Waals surface area (Å²) < 4.78 is 0. The zero-order valence-corrected chi connectivity index (χ0v) is 13.6. The van der Waals surface area contributed by atoms with Crippen molar-refractivity contribution in [3.05, 3.63) is 59.2 Å². The molecule has 2 atom stereocenters. The summed E-state index contributed by atoms with van der Waals surface area (Å²) in [5.41, 5.74) is 4.44. The largest absolute Gasteiger partial charge is 0.353 e. The summed E-state index contributed by atoms with van der Waals surface area (Å²) in [6, 6.07) is 6.57. The molecule has 1 N–H and O–H groups in total. The highest BCUT2D eigenvalue weighted by Gasteiger charge is 2.18. The lowest BCUT2D eigenvalue weighted by molar-refractivity contribution is -0.122. The lowest BCUT2D eigenvalue weighted by Crippen LogP contribution is -2.37. The number of carbonyl (C=O) groups excluding carboxylic acids is 1. The molecule has 1 amide bonds. The first-order valence-corrected chi connectivity index (χ1v) is 7.59. The summed E-state index contributed by atoms with van der Waals surface area (Å²) in [6.07, 6.45) is 5.68. The molecule has 0 bridgehead atoms. The lowest BCUT2D eigenvalue weighted by atomic mass is 10.0. The maximum absolute atomic E-state index is 12.3. The molecule has 0 radical (unpaired) electrons. The first kappa shape index (κ1) is 16.1. The Morgan fingerprint density at radius 2 is 1.82 bits per heavy atom. The number of rotatable bonds is 5. The normalized spacial score (nSPS) is 13.5. The first-order chi connectivity index (χ1) is 10.5. The van der Waals surface area contributed by atoms with Gasteiger partial charge in [-0.1, -0.05) is 29.3 Å². The second-order valence-corrected chi connectivity index (χ2v) is 5.96. The van der Waals surface area contributed by atoms with Crippen LogP contribution in [0.15, 0.2) is 36.8 Å². The zero-order chi connectivity index (χ0) is 16.1. The highest BCUT2D eigenvalue weighted by Crippen LogP contribution is 2.13. The average Bonchev–Trinajstić information content (AvgIpc) is 2.46. The van der Waals surface area contributed by atoms with Crippen molar-refractivity contribution in [2.24, 2.45) is 0 Å². The maximum Gasteiger partial charge on any atom is 0.229 e. The van der Waals surface area contributed by atoms with E-state index in [4.69, 9.17) is 0 Å². The fourth-order valence-electron chi connectivity index (χ4n) is 2.63. The first-order valence-electron chi connectivity index (χ1n) is 7.59. The van der Waals surface area contributed by atoms with E-state index in [0.717, 1.165) is 6.42 Å². The van der Waals surface area contributed by atoms with Gasteiger partial charge in [0.1, 0.15) is 0 Å². The molecule has 0 saturated carbocycles. The molecule has 1 aromatic heterocycles. The summed E-state index contributed by atoms with van der Waals surface area (Å²) in [7, 11) is 0. The number of benzene rings is 1. The molecule has 0 aliphatic carbocycles. The Hall–Kier alpha value is -2.23. The van der Waals surface area contributed by atoms with Crippen LogP contribution in [-0.4, -0.2) is 21.9 Å². The number of aromatic nitrogens is 2. The van der Waals surface area contributed by atoms with Gasteiger partial charge in [-0.25, -0.2) is 0 Å². The van der Waals surface area contributed by atoms with Gasteiger partial charge in [0.05, 0.1) is 11.6 Å². The molecule has 0 aliphatic heterocycles. The molecule has 0 fully saturated rings. The van der Waals surface area contributed by atoms with E-state index in [0.29, 0.717) is 5.69 Å². The van der Waals surface area contributed by atoms with Gasteiger partial charge in [-0.2, -0.15) is 0 Å². The molecule has 2 unspecified atom stereocenters. The summed E-state index contributed by atoms with van der Waals surface area (Å²) in [5.74, 6) is -0.312. The quantitative estimate of drug-likeness (QED) is 0.923. The number of nitrogens with zero attached hydrogens (tertiary/aromatic N) is 2. The minimum atomic E-state index is -0.296. The van der Waals surface area contributed by atoms with E-state index in [2.05, 4.69) is 47.3 Å². The maximum atomic E-state index is 12.3. The second-order valence-electron chi connectivity index (χ2n) is 5.96. The summed E-state index contributed by atoms with van der Waals surface area (Å²) >= 11 is 0. The zero-order valence-electron chi connectivity index (χ0n) is 13.6. The molecule has 1 heterocycles. The molecule has 4 nitrogen and oxygen atoms in total. The third-order valence-corrected chi connectivity index (χ3v) is 3.63. The number of aryl methyl sites for hydroxylation is 2.